The van der Waals surface area contributed by atoms with Crippen LogP contribution in [-0.4, -0.2) is 9.55 Å². The van der Waals surface area contributed by atoms with Crippen molar-refractivity contribution in [2.24, 2.45) is 0 Å². The van der Waals surface area contributed by atoms with E-state index in [1.807, 2.05) is 0 Å². The van der Waals surface area contributed by atoms with Crippen molar-refractivity contribution in [3.05, 3.63) is 192 Å². The van der Waals surface area contributed by atoms with Crippen molar-refractivity contribution in [1.29, 1.82) is 0 Å². The third-order valence-corrected chi connectivity index (χ3v) is 13.0. The monoisotopic (exact) mass is 763 g/mol. The van der Waals surface area contributed by atoms with Gasteiger partial charge in [0.15, 0.2) is 0 Å². The maximum atomic E-state index is 3.74. The molecule has 1 N–H and O–H groups in total. The normalized spacial score (nSPS) is 15.6. The SMILES string of the molecule is CC(C)(C)c1ccc2c(c1)C1CC(c3ccc4[nH]c5ccc(-c6ccc7c(c6)c6cc(C(C)(C)C)ccc6n7-c6ccccc6)cc5c4c3)=CC=C1N2c1ccccc1. The first-order valence-corrected chi connectivity index (χ1v) is 21.1. The third-order valence-electron chi connectivity index (χ3n) is 13.0. The Balaban J connectivity index is 1.00. The summed E-state index contributed by atoms with van der Waals surface area (Å²) in [6.07, 6.45) is 5.70. The quantitative estimate of drug-likeness (QED) is 0.190. The Morgan fingerprint density at radius 1 is 0.492 bits per heavy atom. The molecular formula is C56H49N3. The van der Waals surface area contributed by atoms with Gasteiger partial charge in [0.05, 0.1) is 11.0 Å². The van der Waals surface area contributed by atoms with Crippen LogP contribution in [0, 0.1) is 0 Å². The van der Waals surface area contributed by atoms with E-state index >= 15 is 0 Å². The Labute approximate surface area is 346 Å². The standard InChI is InChI=1S/C56H49N3/c1-55(2,3)39-21-27-53-47(33-39)45-31-37(19-25-51(45)58(53)41-13-9-7-10-14-41)35-17-23-49-43(29-35)44-30-36(18-24-50(44)57-49)38-20-26-52-46(32-38)48-34-40(56(4,5)6)22-28-54(48)59(52)42-15-11-8-12-16-42/h7-31,33-34,46,57H,32H2,1-6H3. The predicted octanol–water partition coefficient (Wildman–Crippen LogP) is 15.3. The zero-order chi connectivity index (χ0) is 40.2. The summed E-state index contributed by atoms with van der Waals surface area (Å²) in [5.74, 6) is 0.292. The minimum absolute atomic E-state index is 0.0539. The lowest BCUT2D eigenvalue weighted by Crippen LogP contribution is -2.15. The van der Waals surface area contributed by atoms with Crippen molar-refractivity contribution in [1.82, 2.24) is 9.55 Å². The van der Waals surface area contributed by atoms with Crippen LogP contribution in [0.25, 0.3) is 66.0 Å². The second-order valence-corrected chi connectivity index (χ2v) is 18.8. The van der Waals surface area contributed by atoms with E-state index in [9.17, 15) is 0 Å². The molecule has 11 rings (SSSR count). The highest BCUT2D eigenvalue weighted by atomic mass is 15.2. The Hall–Kier alpha value is -6.58. The van der Waals surface area contributed by atoms with Crippen LogP contribution >= 0.6 is 0 Å². The van der Waals surface area contributed by atoms with Gasteiger partial charge in [0.1, 0.15) is 0 Å². The molecule has 0 fully saturated rings. The van der Waals surface area contributed by atoms with Crippen molar-refractivity contribution in [3.8, 4) is 16.8 Å². The average Bonchev–Trinajstić information content (AvgIpc) is 3.89. The number of nitrogens with zero attached hydrogens (tertiary/aromatic N) is 2. The summed E-state index contributed by atoms with van der Waals surface area (Å²) >= 11 is 0. The molecule has 3 heteroatoms. The second-order valence-electron chi connectivity index (χ2n) is 18.8. The number of rotatable bonds is 4. The fourth-order valence-electron chi connectivity index (χ4n) is 9.72. The maximum absolute atomic E-state index is 3.74. The molecule has 2 aliphatic rings. The number of para-hydroxylation sites is 2. The van der Waals surface area contributed by atoms with Gasteiger partial charge in [-0.25, -0.2) is 0 Å². The molecule has 3 nitrogen and oxygen atoms in total. The molecule has 1 unspecified atom stereocenters. The van der Waals surface area contributed by atoms with Crippen molar-refractivity contribution >= 4 is 60.6 Å². The lowest BCUT2D eigenvalue weighted by Gasteiger charge is -2.26. The molecule has 0 amide bonds. The number of aromatic nitrogens is 2. The first kappa shape index (κ1) is 35.6. The highest BCUT2D eigenvalue weighted by Crippen LogP contribution is 2.53. The molecular weight excluding hydrogens is 715 g/mol. The van der Waals surface area contributed by atoms with Crippen LogP contribution in [-0.2, 0) is 10.8 Å². The molecule has 3 heterocycles. The molecule has 0 saturated carbocycles. The summed E-state index contributed by atoms with van der Waals surface area (Å²) in [5, 5.41) is 5.09. The van der Waals surface area contributed by atoms with Crippen LogP contribution in [0.1, 0.15) is 76.1 Å². The van der Waals surface area contributed by atoms with E-state index in [1.165, 1.54) is 99.8 Å². The largest absolute Gasteiger partial charge is 0.355 e. The zero-order valence-electron chi connectivity index (χ0n) is 34.8. The van der Waals surface area contributed by atoms with Gasteiger partial charge < -0.3 is 14.5 Å². The van der Waals surface area contributed by atoms with E-state index in [0.29, 0.717) is 5.92 Å². The van der Waals surface area contributed by atoms with Crippen LogP contribution < -0.4 is 4.90 Å². The van der Waals surface area contributed by atoms with Gasteiger partial charge in [0, 0.05) is 61.3 Å². The summed E-state index contributed by atoms with van der Waals surface area (Å²) in [6.45, 7) is 13.8. The smallest absolute Gasteiger partial charge is 0.0541 e. The topological polar surface area (TPSA) is 24.0 Å². The second kappa shape index (κ2) is 13.0. The number of benzene rings is 7. The van der Waals surface area contributed by atoms with E-state index < -0.39 is 0 Å². The van der Waals surface area contributed by atoms with Crippen molar-refractivity contribution in [3.63, 3.8) is 0 Å². The summed E-state index contributed by atoms with van der Waals surface area (Å²) in [5.41, 5.74) is 19.2. The van der Waals surface area contributed by atoms with E-state index in [4.69, 9.17) is 0 Å². The highest BCUT2D eigenvalue weighted by Gasteiger charge is 2.37. The molecule has 2 aromatic heterocycles. The van der Waals surface area contributed by atoms with Gasteiger partial charge >= 0.3 is 0 Å². The molecule has 9 aromatic rings. The molecule has 0 bridgehead atoms. The molecule has 0 radical (unpaired) electrons. The molecule has 1 aliphatic carbocycles. The van der Waals surface area contributed by atoms with Gasteiger partial charge in [-0.3, -0.25) is 0 Å². The van der Waals surface area contributed by atoms with Crippen LogP contribution in [0.3, 0.4) is 0 Å². The van der Waals surface area contributed by atoms with Crippen molar-refractivity contribution in [2.45, 2.75) is 64.7 Å². The first-order chi connectivity index (χ1) is 28.5. The molecule has 59 heavy (non-hydrogen) atoms. The van der Waals surface area contributed by atoms with Gasteiger partial charge in [-0.1, -0.05) is 120 Å². The first-order valence-electron chi connectivity index (χ1n) is 21.1. The number of hydrogen-bond donors (Lipinski definition) is 1. The minimum Gasteiger partial charge on any atom is -0.355 e. The summed E-state index contributed by atoms with van der Waals surface area (Å²) in [6, 6.07) is 56.7. The van der Waals surface area contributed by atoms with Crippen LogP contribution in [0.15, 0.2) is 170 Å². The van der Waals surface area contributed by atoms with E-state index in [2.05, 4.69) is 220 Å². The van der Waals surface area contributed by atoms with Gasteiger partial charge in [0.2, 0.25) is 0 Å². The lowest BCUT2D eigenvalue weighted by atomic mass is 9.81. The number of allylic oxidation sites excluding steroid dienone is 4. The number of fused-ring (bicyclic) bond motifs is 9. The number of aromatic amines is 1. The molecule has 0 spiro atoms. The van der Waals surface area contributed by atoms with Crippen LogP contribution in [0.4, 0.5) is 11.4 Å². The lowest BCUT2D eigenvalue weighted by molar-refractivity contribution is 0.589. The minimum atomic E-state index is 0.0539. The van der Waals surface area contributed by atoms with E-state index in [1.54, 1.807) is 0 Å². The van der Waals surface area contributed by atoms with Crippen molar-refractivity contribution < 1.29 is 0 Å². The Bertz CT molecular complexity index is 3190. The summed E-state index contributed by atoms with van der Waals surface area (Å²) in [7, 11) is 0. The molecule has 7 aromatic carbocycles. The number of H-pyrrole nitrogens is 1. The summed E-state index contributed by atoms with van der Waals surface area (Å²) in [4.78, 5) is 6.21. The van der Waals surface area contributed by atoms with Gasteiger partial charge in [-0.05, 0) is 141 Å². The Kier molecular flexibility index (Phi) is 7.82. The zero-order valence-corrected chi connectivity index (χ0v) is 34.8. The maximum Gasteiger partial charge on any atom is 0.0541 e. The fourth-order valence-corrected chi connectivity index (χ4v) is 9.72. The Morgan fingerprint density at radius 3 is 1.71 bits per heavy atom. The highest BCUT2D eigenvalue weighted by molar-refractivity contribution is 6.12. The predicted molar refractivity (Wildman–Crippen MR) is 251 cm³/mol. The average molecular weight is 764 g/mol. The third kappa shape index (κ3) is 5.78. The van der Waals surface area contributed by atoms with Gasteiger partial charge in [-0.2, -0.15) is 0 Å². The molecule has 288 valence electrons. The van der Waals surface area contributed by atoms with Gasteiger partial charge in [0.25, 0.3) is 0 Å². The van der Waals surface area contributed by atoms with Crippen molar-refractivity contribution in [2.75, 3.05) is 4.90 Å². The number of anilines is 2. The molecule has 0 saturated heterocycles. The molecule has 1 atom stereocenters. The molecule has 1 aliphatic heterocycles. The fraction of sp³-hybridized carbons (Fsp3) is 0.179. The Morgan fingerprint density at radius 2 is 1.03 bits per heavy atom. The number of nitrogens with one attached hydrogen (secondary N) is 1. The van der Waals surface area contributed by atoms with E-state index in [0.717, 1.165) is 11.9 Å². The summed E-state index contributed by atoms with van der Waals surface area (Å²) < 4.78 is 2.41. The number of hydrogen-bond acceptors (Lipinski definition) is 1. The van der Waals surface area contributed by atoms with E-state index in [-0.39, 0.29) is 10.8 Å². The van der Waals surface area contributed by atoms with Crippen LogP contribution in [0.5, 0.6) is 0 Å². The van der Waals surface area contributed by atoms with Crippen LogP contribution in [0.2, 0.25) is 0 Å². The van der Waals surface area contributed by atoms with Gasteiger partial charge in [-0.15, -0.1) is 0 Å².